The number of hydrogen-bond donors (Lipinski definition) is 2. The van der Waals surface area contributed by atoms with E-state index in [1.807, 2.05) is 13.8 Å². The lowest BCUT2D eigenvalue weighted by Crippen LogP contribution is -2.46. The predicted octanol–water partition coefficient (Wildman–Crippen LogP) is 4.04. The Hall–Kier alpha value is -3.79. The molecule has 2 N–H and O–H groups in total. The van der Waals surface area contributed by atoms with Crippen molar-refractivity contribution < 1.29 is 14.0 Å². The van der Waals surface area contributed by atoms with Gasteiger partial charge >= 0.3 is 0 Å². The molecular weight excluding hydrogens is 455 g/mol. The average Bonchev–Trinajstić information content (AvgIpc) is 3.56. The summed E-state index contributed by atoms with van der Waals surface area (Å²) in [6.45, 7) is 5.15. The summed E-state index contributed by atoms with van der Waals surface area (Å²) in [6, 6.07) is 9.73. The van der Waals surface area contributed by atoms with Crippen LogP contribution in [-0.2, 0) is 18.5 Å². The highest BCUT2D eigenvalue weighted by Crippen LogP contribution is 2.36. The summed E-state index contributed by atoms with van der Waals surface area (Å²) in [5.41, 5.74) is 2.71. The van der Waals surface area contributed by atoms with Gasteiger partial charge in [-0.15, -0.1) is 11.3 Å². The van der Waals surface area contributed by atoms with Gasteiger partial charge in [0, 0.05) is 35.3 Å². The maximum atomic E-state index is 13.4. The lowest BCUT2D eigenvalue weighted by atomic mass is 9.82. The highest BCUT2D eigenvalue weighted by atomic mass is 32.1. The molecule has 0 spiro atoms. The minimum absolute atomic E-state index is 0.138. The normalized spacial score (nSPS) is 14.6. The number of aromatic amines is 1. The van der Waals surface area contributed by atoms with Crippen LogP contribution in [0.2, 0.25) is 0 Å². The first-order chi connectivity index (χ1) is 16.3. The van der Waals surface area contributed by atoms with Crippen LogP contribution in [-0.4, -0.2) is 43.0 Å². The first-order valence-corrected chi connectivity index (χ1v) is 11.7. The molecule has 0 saturated heterocycles. The molecule has 0 aliphatic carbocycles. The highest BCUT2D eigenvalue weighted by molar-refractivity contribution is 7.13. The molecule has 4 heterocycles. The number of rotatable bonds is 5. The molecule has 0 bridgehead atoms. The number of H-pyrrole nitrogens is 1. The van der Waals surface area contributed by atoms with Crippen LogP contribution in [0.5, 0.6) is 0 Å². The number of nitrogens with zero attached hydrogens (tertiary/aromatic N) is 4. The standard InChI is InChI=1S/C24H23FN6O2S/c1-24(2)14-30(22(33)18-4-3-9-26-18)13-17-19(21(32)28-23-27-10-11-34-23)29-31(20(17)24)12-15-5-7-16(25)8-6-15/h3-11,26H,12-14H2,1-2H3,(H,27,28,32). The third-order valence-electron chi connectivity index (χ3n) is 5.86. The Morgan fingerprint density at radius 1 is 1.24 bits per heavy atom. The molecule has 0 radical (unpaired) electrons. The number of carbonyl (C=O) groups excluding carboxylic acids is 2. The van der Waals surface area contributed by atoms with Crippen molar-refractivity contribution in [1.82, 2.24) is 24.6 Å². The number of aromatic nitrogens is 4. The summed E-state index contributed by atoms with van der Waals surface area (Å²) in [5, 5.41) is 9.74. The lowest BCUT2D eigenvalue weighted by molar-refractivity contribution is 0.0674. The molecule has 5 rings (SSSR count). The lowest BCUT2D eigenvalue weighted by Gasteiger charge is -2.38. The van der Waals surface area contributed by atoms with Crippen LogP contribution >= 0.6 is 11.3 Å². The molecule has 1 aromatic carbocycles. The number of benzene rings is 1. The molecule has 174 valence electrons. The SMILES string of the molecule is CC1(C)CN(C(=O)c2ccc[nH]2)Cc2c(C(=O)Nc3nccs3)nn(Cc3ccc(F)cc3)c21. The molecule has 2 amide bonds. The van der Waals surface area contributed by atoms with Crippen LogP contribution in [0.3, 0.4) is 0 Å². The summed E-state index contributed by atoms with van der Waals surface area (Å²) in [7, 11) is 0. The van der Waals surface area contributed by atoms with E-state index in [2.05, 4.69) is 20.4 Å². The summed E-state index contributed by atoms with van der Waals surface area (Å²) < 4.78 is 15.2. The molecule has 0 saturated carbocycles. The van der Waals surface area contributed by atoms with Crippen LogP contribution in [0.1, 0.15) is 51.6 Å². The van der Waals surface area contributed by atoms with Crippen molar-refractivity contribution in [2.45, 2.75) is 32.4 Å². The molecule has 1 aliphatic rings. The average molecular weight is 479 g/mol. The molecule has 0 fully saturated rings. The van der Waals surface area contributed by atoms with E-state index in [9.17, 15) is 14.0 Å². The van der Waals surface area contributed by atoms with E-state index in [1.165, 1.54) is 23.5 Å². The quantitative estimate of drug-likeness (QED) is 0.453. The largest absolute Gasteiger partial charge is 0.357 e. The number of anilines is 1. The fourth-order valence-corrected chi connectivity index (χ4v) is 5.01. The summed E-state index contributed by atoms with van der Waals surface area (Å²) in [4.78, 5) is 35.2. The Bertz CT molecular complexity index is 1330. The number of hydrogen-bond acceptors (Lipinski definition) is 5. The first kappa shape index (κ1) is 22.0. The molecular formula is C24H23FN6O2S. The summed E-state index contributed by atoms with van der Waals surface area (Å²) in [5.74, 6) is -0.830. The van der Waals surface area contributed by atoms with Crippen LogP contribution < -0.4 is 5.32 Å². The van der Waals surface area contributed by atoms with Gasteiger partial charge in [0.2, 0.25) is 0 Å². The summed E-state index contributed by atoms with van der Waals surface area (Å²) in [6.07, 6.45) is 3.32. The molecule has 3 aromatic heterocycles. The van der Waals surface area contributed by atoms with E-state index in [1.54, 1.807) is 51.6 Å². The Balaban J connectivity index is 1.56. The maximum absolute atomic E-state index is 13.4. The second-order valence-electron chi connectivity index (χ2n) is 8.88. The van der Waals surface area contributed by atoms with Crippen molar-refractivity contribution in [2.24, 2.45) is 0 Å². The zero-order chi connectivity index (χ0) is 23.9. The zero-order valence-corrected chi connectivity index (χ0v) is 19.5. The van der Waals surface area contributed by atoms with Crippen molar-refractivity contribution in [2.75, 3.05) is 11.9 Å². The van der Waals surface area contributed by atoms with Crippen LogP contribution in [0.15, 0.2) is 54.2 Å². The number of nitrogens with one attached hydrogen (secondary N) is 2. The van der Waals surface area contributed by atoms with Crippen LogP contribution in [0, 0.1) is 5.82 Å². The van der Waals surface area contributed by atoms with Gasteiger partial charge < -0.3 is 9.88 Å². The van der Waals surface area contributed by atoms with Crippen molar-refractivity contribution >= 4 is 28.3 Å². The second kappa shape index (κ2) is 8.53. The van der Waals surface area contributed by atoms with Crippen LogP contribution in [0.25, 0.3) is 0 Å². The zero-order valence-electron chi connectivity index (χ0n) is 18.7. The monoisotopic (exact) mass is 478 g/mol. The van der Waals surface area contributed by atoms with Crippen molar-refractivity contribution in [3.05, 3.63) is 88.2 Å². The molecule has 0 atom stereocenters. The predicted molar refractivity (Wildman–Crippen MR) is 126 cm³/mol. The van der Waals surface area contributed by atoms with Crippen molar-refractivity contribution in [1.29, 1.82) is 0 Å². The van der Waals surface area contributed by atoms with Crippen molar-refractivity contribution in [3.63, 3.8) is 0 Å². The second-order valence-corrected chi connectivity index (χ2v) is 9.77. The molecule has 4 aromatic rings. The highest BCUT2D eigenvalue weighted by Gasteiger charge is 2.41. The smallest absolute Gasteiger partial charge is 0.278 e. The number of thiazole rings is 1. The van der Waals surface area contributed by atoms with E-state index >= 15 is 0 Å². The van der Waals surface area contributed by atoms with E-state index in [0.717, 1.165) is 11.3 Å². The molecule has 1 aliphatic heterocycles. The summed E-state index contributed by atoms with van der Waals surface area (Å²) >= 11 is 1.32. The molecule has 10 heteroatoms. The van der Waals surface area contributed by atoms with E-state index in [-0.39, 0.29) is 29.9 Å². The topological polar surface area (TPSA) is 95.9 Å². The van der Waals surface area contributed by atoms with E-state index < -0.39 is 5.41 Å². The Morgan fingerprint density at radius 3 is 2.71 bits per heavy atom. The van der Waals surface area contributed by atoms with E-state index in [0.29, 0.717) is 29.5 Å². The fourth-order valence-electron chi connectivity index (χ4n) is 4.48. The fraction of sp³-hybridized carbons (Fsp3) is 0.250. The van der Waals surface area contributed by atoms with E-state index in [4.69, 9.17) is 0 Å². The third-order valence-corrected chi connectivity index (χ3v) is 6.54. The van der Waals surface area contributed by atoms with Gasteiger partial charge in [0.1, 0.15) is 11.5 Å². The number of fused-ring (bicyclic) bond motifs is 1. The molecule has 0 unspecified atom stereocenters. The molecule has 8 nitrogen and oxygen atoms in total. The Morgan fingerprint density at radius 2 is 2.03 bits per heavy atom. The van der Waals surface area contributed by atoms with Gasteiger partial charge in [-0.3, -0.25) is 19.6 Å². The Kier molecular flexibility index (Phi) is 5.52. The number of carbonyl (C=O) groups is 2. The Labute approximate surface area is 199 Å². The molecule has 34 heavy (non-hydrogen) atoms. The number of amides is 2. The van der Waals surface area contributed by atoms with Gasteiger partial charge in [0.15, 0.2) is 10.8 Å². The van der Waals surface area contributed by atoms with Gasteiger partial charge in [0.25, 0.3) is 11.8 Å². The van der Waals surface area contributed by atoms with Gasteiger partial charge in [-0.25, -0.2) is 9.37 Å². The first-order valence-electron chi connectivity index (χ1n) is 10.8. The van der Waals surface area contributed by atoms with Gasteiger partial charge in [0.05, 0.1) is 18.8 Å². The number of halogens is 1. The van der Waals surface area contributed by atoms with Crippen molar-refractivity contribution in [3.8, 4) is 0 Å². The minimum Gasteiger partial charge on any atom is -0.357 e. The minimum atomic E-state index is -0.484. The maximum Gasteiger partial charge on any atom is 0.278 e. The van der Waals surface area contributed by atoms with Gasteiger partial charge in [-0.05, 0) is 29.8 Å². The van der Waals surface area contributed by atoms with Gasteiger partial charge in [-0.2, -0.15) is 5.10 Å². The van der Waals surface area contributed by atoms with Crippen LogP contribution in [0.4, 0.5) is 9.52 Å². The van der Waals surface area contributed by atoms with Gasteiger partial charge in [-0.1, -0.05) is 26.0 Å². The third kappa shape index (κ3) is 4.12.